The third-order valence-corrected chi connectivity index (χ3v) is 4.23. The fraction of sp³-hybridized carbons (Fsp3) is 0.867. The molecule has 21 heavy (non-hydrogen) atoms. The van der Waals surface area contributed by atoms with E-state index in [2.05, 4.69) is 5.32 Å². The number of hydrogen-bond donors (Lipinski definition) is 1. The summed E-state index contributed by atoms with van der Waals surface area (Å²) in [5.74, 6) is 0.160. The average molecular weight is 297 g/mol. The molecule has 0 saturated carbocycles. The van der Waals surface area contributed by atoms with Crippen molar-refractivity contribution >= 4 is 11.8 Å². The molecule has 2 aliphatic rings. The first kappa shape index (κ1) is 16.2. The second kappa shape index (κ2) is 7.75. The average Bonchev–Trinajstić information content (AvgIpc) is 2.55. The molecule has 2 aliphatic heterocycles. The lowest BCUT2D eigenvalue weighted by molar-refractivity contribution is -0.138. The van der Waals surface area contributed by atoms with Crippen molar-refractivity contribution in [3.8, 4) is 0 Å². The van der Waals surface area contributed by atoms with Gasteiger partial charge in [-0.15, -0.1) is 0 Å². The van der Waals surface area contributed by atoms with Crippen LogP contribution in [0, 0.1) is 0 Å². The SMILES string of the molecule is CC(NC(C)C(=O)N1CCOCC1)C(=O)N1CCCCC1. The van der Waals surface area contributed by atoms with Crippen LogP contribution < -0.4 is 5.32 Å². The Labute approximate surface area is 126 Å². The summed E-state index contributed by atoms with van der Waals surface area (Å²) in [5, 5.41) is 3.15. The molecule has 2 unspecified atom stereocenters. The molecule has 2 amide bonds. The second-order valence-corrected chi connectivity index (χ2v) is 5.93. The molecule has 0 radical (unpaired) electrons. The number of morpholine rings is 1. The van der Waals surface area contributed by atoms with E-state index >= 15 is 0 Å². The van der Waals surface area contributed by atoms with Crippen molar-refractivity contribution in [2.75, 3.05) is 39.4 Å². The maximum atomic E-state index is 12.4. The van der Waals surface area contributed by atoms with Crippen LogP contribution in [0.3, 0.4) is 0 Å². The number of hydrogen-bond acceptors (Lipinski definition) is 4. The van der Waals surface area contributed by atoms with Gasteiger partial charge in [-0.2, -0.15) is 0 Å². The topological polar surface area (TPSA) is 61.9 Å². The third kappa shape index (κ3) is 4.41. The molecule has 0 aromatic carbocycles. The van der Waals surface area contributed by atoms with E-state index in [0.29, 0.717) is 26.3 Å². The summed E-state index contributed by atoms with van der Waals surface area (Å²) in [6.07, 6.45) is 3.37. The van der Waals surface area contributed by atoms with Crippen molar-refractivity contribution in [2.24, 2.45) is 0 Å². The minimum absolute atomic E-state index is 0.0524. The molecule has 2 rings (SSSR count). The first-order chi connectivity index (χ1) is 10.1. The minimum atomic E-state index is -0.341. The summed E-state index contributed by atoms with van der Waals surface area (Å²) in [4.78, 5) is 28.4. The number of piperidine rings is 1. The van der Waals surface area contributed by atoms with Gasteiger partial charge in [-0.3, -0.25) is 14.9 Å². The van der Waals surface area contributed by atoms with Crippen LogP contribution in [0.1, 0.15) is 33.1 Å². The zero-order valence-electron chi connectivity index (χ0n) is 13.1. The van der Waals surface area contributed by atoms with Crippen molar-refractivity contribution in [3.05, 3.63) is 0 Å². The summed E-state index contributed by atoms with van der Waals surface area (Å²) >= 11 is 0. The van der Waals surface area contributed by atoms with E-state index < -0.39 is 0 Å². The first-order valence-electron chi connectivity index (χ1n) is 8.01. The number of likely N-dealkylation sites (tertiary alicyclic amines) is 1. The lowest BCUT2D eigenvalue weighted by atomic mass is 10.1. The maximum Gasteiger partial charge on any atom is 0.239 e. The van der Waals surface area contributed by atoms with Crippen LogP contribution in [0.2, 0.25) is 0 Å². The van der Waals surface area contributed by atoms with E-state index in [1.807, 2.05) is 18.7 Å². The molecule has 0 spiro atoms. The molecule has 2 fully saturated rings. The fourth-order valence-electron chi connectivity index (χ4n) is 2.96. The Hall–Kier alpha value is -1.14. The highest BCUT2D eigenvalue weighted by Gasteiger charge is 2.27. The summed E-state index contributed by atoms with van der Waals surface area (Å²) in [6, 6.07) is -0.657. The van der Waals surface area contributed by atoms with Crippen LogP contribution in [-0.4, -0.2) is 73.1 Å². The highest BCUT2D eigenvalue weighted by atomic mass is 16.5. The van der Waals surface area contributed by atoms with Crippen LogP contribution in [0.25, 0.3) is 0 Å². The number of ether oxygens (including phenoxy) is 1. The lowest BCUT2D eigenvalue weighted by Gasteiger charge is -2.32. The van der Waals surface area contributed by atoms with E-state index in [0.717, 1.165) is 25.9 Å². The Morgan fingerprint density at radius 2 is 1.33 bits per heavy atom. The smallest absolute Gasteiger partial charge is 0.239 e. The molecule has 0 bridgehead atoms. The van der Waals surface area contributed by atoms with Gasteiger partial charge < -0.3 is 14.5 Å². The Bertz CT molecular complexity index is 329. The number of rotatable bonds is 4. The highest BCUT2D eigenvalue weighted by molar-refractivity contribution is 5.85. The molecule has 2 atom stereocenters. The fourth-order valence-corrected chi connectivity index (χ4v) is 2.96. The van der Waals surface area contributed by atoms with E-state index in [9.17, 15) is 9.59 Å². The van der Waals surface area contributed by atoms with Gasteiger partial charge in [-0.1, -0.05) is 0 Å². The third-order valence-electron chi connectivity index (χ3n) is 4.23. The zero-order chi connectivity index (χ0) is 15.2. The summed E-state index contributed by atoms with van der Waals surface area (Å²) < 4.78 is 5.25. The maximum absolute atomic E-state index is 12.4. The van der Waals surface area contributed by atoms with Gasteiger partial charge in [0.25, 0.3) is 0 Å². The quantitative estimate of drug-likeness (QED) is 0.806. The van der Waals surface area contributed by atoms with Crippen LogP contribution in [0.5, 0.6) is 0 Å². The van der Waals surface area contributed by atoms with Crippen LogP contribution in [0.15, 0.2) is 0 Å². The van der Waals surface area contributed by atoms with Gasteiger partial charge in [0.15, 0.2) is 0 Å². The first-order valence-corrected chi connectivity index (χ1v) is 8.01. The van der Waals surface area contributed by atoms with Gasteiger partial charge in [-0.05, 0) is 33.1 Å². The van der Waals surface area contributed by atoms with E-state index in [4.69, 9.17) is 4.74 Å². The minimum Gasteiger partial charge on any atom is -0.378 e. The van der Waals surface area contributed by atoms with Gasteiger partial charge in [0.2, 0.25) is 11.8 Å². The van der Waals surface area contributed by atoms with Crippen molar-refractivity contribution in [1.82, 2.24) is 15.1 Å². The normalized spacial score (nSPS) is 22.8. The number of nitrogens with zero attached hydrogens (tertiary/aromatic N) is 2. The molecular formula is C15H27N3O3. The Balaban J connectivity index is 1.81. The standard InChI is InChI=1S/C15H27N3O3/c1-12(14(19)17-6-4-3-5-7-17)16-13(2)15(20)18-8-10-21-11-9-18/h12-13,16H,3-11H2,1-2H3. The number of nitrogens with one attached hydrogen (secondary N) is 1. The molecule has 120 valence electrons. The van der Waals surface area contributed by atoms with E-state index in [1.54, 1.807) is 4.90 Å². The number of carbonyl (C=O) groups is 2. The lowest BCUT2D eigenvalue weighted by Crippen LogP contribution is -2.54. The van der Waals surface area contributed by atoms with Crippen LogP contribution in [-0.2, 0) is 14.3 Å². The van der Waals surface area contributed by atoms with Crippen LogP contribution >= 0.6 is 0 Å². The van der Waals surface area contributed by atoms with E-state index in [1.165, 1.54) is 6.42 Å². The van der Waals surface area contributed by atoms with Gasteiger partial charge in [0.1, 0.15) is 0 Å². The van der Waals surface area contributed by atoms with Crippen molar-refractivity contribution < 1.29 is 14.3 Å². The molecule has 0 aromatic heterocycles. The van der Waals surface area contributed by atoms with Crippen molar-refractivity contribution in [2.45, 2.75) is 45.2 Å². The summed E-state index contributed by atoms with van der Waals surface area (Å²) in [5.41, 5.74) is 0. The molecular weight excluding hydrogens is 270 g/mol. The predicted octanol–water partition coefficient (Wildman–Crippen LogP) is 0.224. The summed E-state index contributed by atoms with van der Waals surface area (Å²) in [6.45, 7) is 7.84. The monoisotopic (exact) mass is 297 g/mol. The summed E-state index contributed by atoms with van der Waals surface area (Å²) in [7, 11) is 0. The molecule has 6 heteroatoms. The Kier molecular flexibility index (Phi) is 5.99. The number of carbonyl (C=O) groups excluding carboxylic acids is 2. The van der Waals surface area contributed by atoms with Crippen LogP contribution in [0.4, 0.5) is 0 Å². The van der Waals surface area contributed by atoms with Crippen molar-refractivity contribution in [1.29, 1.82) is 0 Å². The van der Waals surface area contributed by atoms with Gasteiger partial charge >= 0.3 is 0 Å². The Morgan fingerprint density at radius 3 is 1.86 bits per heavy atom. The van der Waals surface area contributed by atoms with Gasteiger partial charge in [0.05, 0.1) is 25.3 Å². The molecule has 6 nitrogen and oxygen atoms in total. The number of amides is 2. The predicted molar refractivity (Wildman–Crippen MR) is 79.9 cm³/mol. The Morgan fingerprint density at radius 1 is 0.857 bits per heavy atom. The zero-order valence-corrected chi connectivity index (χ0v) is 13.1. The largest absolute Gasteiger partial charge is 0.378 e. The van der Waals surface area contributed by atoms with Gasteiger partial charge in [0, 0.05) is 26.2 Å². The highest BCUT2D eigenvalue weighted by Crippen LogP contribution is 2.10. The second-order valence-electron chi connectivity index (χ2n) is 5.93. The molecule has 0 aromatic rings. The van der Waals surface area contributed by atoms with Gasteiger partial charge in [-0.25, -0.2) is 0 Å². The van der Waals surface area contributed by atoms with Crippen molar-refractivity contribution in [3.63, 3.8) is 0 Å². The molecule has 0 aliphatic carbocycles. The molecule has 2 heterocycles. The molecule has 2 saturated heterocycles. The van der Waals surface area contributed by atoms with E-state index in [-0.39, 0.29) is 23.9 Å². The molecule has 1 N–H and O–H groups in total.